The maximum absolute atomic E-state index is 8.71. The molecular weight excluding hydrogens is 284 g/mol. The van der Waals surface area contributed by atoms with Crippen LogP contribution in [0.4, 0.5) is 0 Å². The first-order chi connectivity index (χ1) is 10.8. The molecular formula is C20H30N2O. The molecule has 0 saturated carbocycles. The standard InChI is InChI=1S/C10H15NO.C10H15N/c1-8(2)10-5-3-4-9(11-10)6-7-12;1-7(2)10-6-8(3)5-9(4)11-10/h3-5,8,12H,6-7H2,1-2H3;5-7H,1-4H3. The topological polar surface area (TPSA) is 46.0 Å². The van der Waals surface area contributed by atoms with Crippen molar-refractivity contribution in [3.8, 4) is 0 Å². The molecule has 3 nitrogen and oxygen atoms in total. The van der Waals surface area contributed by atoms with Gasteiger partial charge in [-0.3, -0.25) is 9.97 Å². The van der Waals surface area contributed by atoms with Gasteiger partial charge in [-0.1, -0.05) is 33.8 Å². The number of nitrogens with zero attached hydrogens (tertiary/aromatic N) is 2. The number of aliphatic hydroxyl groups excluding tert-OH is 1. The van der Waals surface area contributed by atoms with E-state index in [0.717, 1.165) is 17.1 Å². The fraction of sp³-hybridized carbons (Fsp3) is 0.500. The van der Waals surface area contributed by atoms with E-state index in [4.69, 9.17) is 5.11 Å². The minimum Gasteiger partial charge on any atom is -0.396 e. The number of aromatic nitrogens is 2. The average molecular weight is 314 g/mol. The minimum atomic E-state index is 0.175. The van der Waals surface area contributed by atoms with Crippen molar-refractivity contribution in [3.63, 3.8) is 0 Å². The van der Waals surface area contributed by atoms with Gasteiger partial charge in [0, 0.05) is 35.8 Å². The summed E-state index contributed by atoms with van der Waals surface area (Å²) < 4.78 is 0. The summed E-state index contributed by atoms with van der Waals surface area (Å²) in [5.41, 5.74) is 5.70. The molecule has 0 radical (unpaired) electrons. The molecule has 0 atom stereocenters. The monoisotopic (exact) mass is 314 g/mol. The summed E-state index contributed by atoms with van der Waals surface area (Å²) in [6, 6.07) is 10.2. The second kappa shape index (κ2) is 9.41. The molecule has 0 fully saturated rings. The van der Waals surface area contributed by atoms with Crippen molar-refractivity contribution < 1.29 is 5.11 Å². The van der Waals surface area contributed by atoms with Crippen molar-refractivity contribution in [2.45, 2.75) is 59.8 Å². The molecule has 0 aliphatic carbocycles. The first-order valence-electron chi connectivity index (χ1n) is 8.35. The molecule has 0 aromatic carbocycles. The maximum atomic E-state index is 8.71. The highest BCUT2D eigenvalue weighted by molar-refractivity contribution is 5.21. The van der Waals surface area contributed by atoms with E-state index in [1.165, 1.54) is 11.3 Å². The lowest BCUT2D eigenvalue weighted by Gasteiger charge is -2.06. The molecule has 3 heteroatoms. The van der Waals surface area contributed by atoms with E-state index in [9.17, 15) is 0 Å². The quantitative estimate of drug-likeness (QED) is 0.899. The zero-order valence-corrected chi connectivity index (χ0v) is 15.3. The molecule has 0 bridgehead atoms. The van der Waals surface area contributed by atoms with E-state index in [0.29, 0.717) is 18.3 Å². The Morgan fingerprint density at radius 3 is 2.09 bits per heavy atom. The van der Waals surface area contributed by atoms with Crippen LogP contribution >= 0.6 is 0 Å². The maximum Gasteiger partial charge on any atom is 0.0486 e. The van der Waals surface area contributed by atoms with Crippen molar-refractivity contribution in [1.82, 2.24) is 9.97 Å². The first kappa shape index (κ1) is 19.3. The van der Waals surface area contributed by atoms with Gasteiger partial charge in [0.25, 0.3) is 0 Å². The van der Waals surface area contributed by atoms with Crippen LogP contribution in [0.15, 0.2) is 30.3 Å². The summed E-state index contributed by atoms with van der Waals surface area (Å²) in [5.74, 6) is 0.997. The van der Waals surface area contributed by atoms with Gasteiger partial charge in [0.15, 0.2) is 0 Å². The number of pyridine rings is 2. The van der Waals surface area contributed by atoms with Crippen LogP contribution in [0.2, 0.25) is 0 Å². The average Bonchev–Trinajstić information content (AvgIpc) is 2.47. The summed E-state index contributed by atoms with van der Waals surface area (Å²) in [6.07, 6.45) is 0.653. The van der Waals surface area contributed by atoms with Gasteiger partial charge in [0.1, 0.15) is 0 Å². The van der Waals surface area contributed by atoms with E-state index < -0.39 is 0 Å². The van der Waals surface area contributed by atoms with E-state index in [1.807, 2.05) is 25.1 Å². The smallest absolute Gasteiger partial charge is 0.0486 e. The lowest BCUT2D eigenvalue weighted by molar-refractivity contribution is 0.298. The van der Waals surface area contributed by atoms with Crippen molar-refractivity contribution in [2.75, 3.05) is 6.61 Å². The zero-order chi connectivity index (χ0) is 17.4. The zero-order valence-electron chi connectivity index (χ0n) is 15.3. The molecule has 0 amide bonds. The fourth-order valence-corrected chi connectivity index (χ4v) is 2.24. The Labute approximate surface area is 140 Å². The highest BCUT2D eigenvalue weighted by Gasteiger charge is 2.01. The van der Waals surface area contributed by atoms with Crippen LogP contribution in [0.1, 0.15) is 67.9 Å². The third-order valence-corrected chi connectivity index (χ3v) is 3.50. The molecule has 2 heterocycles. The number of hydrogen-bond acceptors (Lipinski definition) is 3. The van der Waals surface area contributed by atoms with Crippen LogP contribution in [0.25, 0.3) is 0 Å². The van der Waals surface area contributed by atoms with Gasteiger partial charge in [0.05, 0.1) is 0 Å². The van der Waals surface area contributed by atoms with Gasteiger partial charge >= 0.3 is 0 Å². The molecule has 23 heavy (non-hydrogen) atoms. The predicted octanol–water partition coefficient (Wildman–Crippen LogP) is 4.56. The molecule has 0 saturated heterocycles. The van der Waals surface area contributed by atoms with Crippen LogP contribution in [0.3, 0.4) is 0 Å². The SMILES string of the molecule is CC(C)c1cccc(CCO)n1.Cc1cc(C)nc(C(C)C)c1. The second-order valence-corrected chi connectivity index (χ2v) is 6.55. The number of rotatable bonds is 4. The Morgan fingerprint density at radius 1 is 0.913 bits per heavy atom. The Morgan fingerprint density at radius 2 is 1.57 bits per heavy atom. The van der Waals surface area contributed by atoms with Gasteiger partial charge in [-0.15, -0.1) is 0 Å². The molecule has 0 spiro atoms. The van der Waals surface area contributed by atoms with E-state index in [-0.39, 0.29) is 6.61 Å². The fourth-order valence-electron chi connectivity index (χ4n) is 2.24. The Balaban J connectivity index is 0.000000231. The van der Waals surface area contributed by atoms with Crippen LogP contribution in [0, 0.1) is 13.8 Å². The van der Waals surface area contributed by atoms with Gasteiger partial charge in [0.2, 0.25) is 0 Å². The number of aliphatic hydroxyl groups is 1. The highest BCUT2D eigenvalue weighted by Crippen LogP contribution is 2.13. The molecule has 2 aromatic rings. The largest absolute Gasteiger partial charge is 0.396 e. The van der Waals surface area contributed by atoms with E-state index >= 15 is 0 Å². The van der Waals surface area contributed by atoms with Crippen LogP contribution < -0.4 is 0 Å². The predicted molar refractivity (Wildman–Crippen MR) is 96.9 cm³/mol. The highest BCUT2D eigenvalue weighted by atomic mass is 16.3. The molecule has 126 valence electrons. The third kappa shape index (κ3) is 6.91. The normalized spacial score (nSPS) is 10.7. The van der Waals surface area contributed by atoms with Crippen molar-refractivity contribution in [2.24, 2.45) is 0 Å². The molecule has 1 N–H and O–H groups in total. The lowest BCUT2D eigenvalue weighted by atomic mass is 10.1. The molecule has 2 aromatic heterocycles. The summed E-state index contributed by atoms with van der Waals surface area (Å²) in [6.45, 7) is 12.9. The van der Waals surface area contributed by atoms with Gasteiger partial charge < -0.3 is 5.11 Å². The van der Waals surface area contributed by atoms with E-state index in [1.54, 1.807) is 0 Å². The lowest BCUT2D eigenvalue weighted by Crippen LogP contribution is -1.99. The first-order valence-corrected chi connectivity index (χ1v) is 8.35. The third-order valence-electron chi connectivity index (χ3n) is 3.50. The summed E-state index contributed by atoms with van der Waals surface area (Å²) in [5, 5.41) is 8.71. The Hall–Kier alpha value is -1.74. The number of aryl methyl sites for hydroxylation is 2. The molecule has 0 unspecified atom stereocenters. The van der Waals surface area contributed by atoms with Crippen LogP contribution in [-0.4, -0.2) is 21.7 Å². The van der Waals surface area contributed by atoms with Crippen molar-refractivity contribution in [3.05, 3.63) is 58.7 Å². The molecule has 0 aliphatic heterocycles. The van der Waals surface area contributed by atoms with Crippen molar-refractivity contribution >= 4 is 0 Å². The summed E-state index contributed by atoms with van der Waals surface area (Å²) in [4.78, 5) is 8.84. The number of hydrogen-bond donors (Lipinski definition) is 1. The van der Waals surface area contributed by atoms with Crippen LogP contribution in [-0.2, 0) is 6.42 Å². The van der Waals surface area contributed by atoms with Gasteiger partial charge in [-0.2, -0.15) is 0 Å². The summed E-state index contributed by atoms with van der Waals surface area (Å²) in [7, 11) is 0. The Bertz CT molecular complexity index is 586. The van der Waals surface area contributed by atoms with E-state index in [2.05, 4.69) is 56.7 Å². The molecule has 0 aliphatic rings. The minimum absolute atomic E-state index is 0.175. The van der Waals surface area contributed by atoms with Crippen LogP contribution in [0.5, 0.6) is 0 Å². The van der Waals surface area contributed by atoms with Gasteiger partial charge in [-0.25, -0.2) is 0 Å². The molecule has 2 rings (SSSR count). The summed E-state index contributed by atoms with van der Waals surface area (Å²) >= 11 is 0. The second-order valence-electron chi connectivity index (χ2n) is 6.55. The van der Waals surface area contributed by atoms with Gasteiger partial charge in [-0.05, 0) is 55.5 Å². The Kier molecular flexibility index (Phi) is 7.90. The van der Waals surface area contributed by atoms with Crippen molar-refractivity contribution in [1.29, 1.82) is 0 Å².